The lowest BCUT2D eigenvalue weighted by Crippen LogP contribution is -2.23. The molecule has 2 rings (SSSR count). The highest BCUT2D eigenvalue weighted by molar-refractivity contribution is 8.18. The van der Waals surface area contributed by atoms with E-state index in [2.05, 4.69) is 4.99 Å². The van der Waals surface area contributed by atoms with Crippen molar-refractivity contribution in [2.75, 3.05) is 14.1 Å². The maximum absolute atomic E-state index is 12.0. The van der Waals surface area contributed by atoms with Crippen molar-refractivity contribution < 1.29 is 19.4 Å². The van der Waals surface area contributed by atoms with E-state index in [1.165, 1.54) is 23.6 Å². The Morgan fingerprint density at radius 1 is 1.41 bits per heavy atom. The molecule has 1 saturated heterocycles. The summed E-state index contributed by atoms with van der Waals surface area (Å²) in [5.41, 5.74) is 0.830. The predicted octanol–water partition coefficient (Wildman–Crippen LogP) is 2.07. The van der Waals surface area contributed by atoms with Crippen molar-refractivity contribution in [3.8, 4) is 5.75 Å². The molecular formula is C15H16N2O4S. The molecule has 1 aromatic rings. The fourth-order valence-electron chi connectivity index (χ4n) is 1.80. The molecule has 1 aromatic carbocycles. The standard InChI is InChI=1S/C15H16N2O4S/c1-9(14(19)20)21-11-6-4-10(5-7-11)8-12-13(18)17(3)15(16-2)22-12/h4-9H,1-3H3,(H,19,20)/b12-8+,16-15?/t9-/m0/s1. The van der Waals surface area contributed by atoms with E-state index in [-0.39, 0.29) is 5.91 Å². The number of carbonyl (C=O) groups is 2. The maximum atomic E-state index is 12.0. The molecule has 0 aliphatic carbocycles. The maximum Gasteiger partial charge on any atom is 0.344 e. The number of hydrogen-bond donors (Lipinski definition) is 1. The second-order valence-electron chi connectivity index (χ2n) is 4.65. The van der Waals surface area contributed by atoms with Gasteiger partial charge in [0.05, 0.1) is 4.91 Å². The molecular weight excluding hydrogens is 304 g/mol. The normalized spacial score (nSPS) is 19.8. The van der Waals surface area contributed by atoms with Crippen molar-refractivity contribution in [1.29, 1.82) is 0 Å². The SMILES string of the molecule is CN=C1S/C(=C/c2ccc(O[C@@H](C)C(=O)O)cc2)C(=O)N1C. The summed E-state index contributed by atoms with van der Waals surface area (Å²) in [6.07, 6.45) is 0.861. The summed E-state index contributed by atoms with van der Waals surface area (Å²) in [6.45, 7) is 1.47. The highest BCUT2D eigenvalue weighted by Crippen LogP contribution is 2.31. The van der Waals surface area contributed by atoms with Gasteiger partial charge < -0.3 is 9.84 Å². The monoisotopic (exact) mass is 320 g/mol. The lowest BCUT2D eigenvalue weighted by atomic mass is 10.2. The number of carbonyl (C=O) groups excluding carboxylic acids is 1. The van der Waals surface area contributed by atoms with Gasteiger partial charge in [0.25, 0.3) is 5.91 Å². The largest absolute Gasteiger partial charge is 0.479 e. The zero-order valence-electron chi connectivity index (χ0n) is 12.4. The van der Waals surface area contributed by atoms with Crippen molar-refractivity contribution in [3.05, 3.63) is 34.7 Å². The van der Waals surface area contributed by atoms with Crippen LogP contribution in [0.25, 0.3) is 6.08 Å². The number of amides is 1. The van der Waals surface area contributed by atoms with Crippen LogP contribution in [-0.4, -0.2) is 47.2 Å². The van der Waals surface area contributed by atoms with Crippen LogP contribution in [0.5, 0.6) is 5.75 Å². The van der Waals surface area contributed by atoms with Crippen LogP contribution in [0.1, 0.15) is 12.5 Å². The first kappa shape index (κ1) is 16.1. The molecule has 0 bridgehead atoms. The van der Waals surface area contributed by atoms with E-state index in [4.69, 9.17) is 9.84 Å². The number of amidine groups is 1. The van der Waals surface area contributed by atoms with Crippen LogP contribution in [0.15, 0.2) is 34.2 Å². The molecule has 1 amide bonds. The second kappa shape index (κ2) is 6.65. The summed E-state index contributed by atoms with van der Waals surface area (Å²) in [5.74, 6) is -0.644. The Kier molecular flexibility index (Phi) is 4.87. The number of aliphatic carboxylic acids is 1. The van der Waals surface area contributed by atoms with Crippen LogP contribution < -0.4 is 4.74 Å². The molecule has 0 aromatic heterocycles. The third kappa shape index (κ3) is 3.48. The summed E-state index contributed by atoms with van der Waals surface area (Å²) in [4.78, 5) is 28.9. The lowest BCUT2D eigenvalue weighted by molar-refractivity contribution is -0.144. The minimum absolute atomic E-state index is 0.0922. The van der Waals surface area contributed by atoms with E-state index in [9.17, 15) is 9.59 Å². The molecule has 1 heterocycles. The third-order valence-electron chi connectivity index (χ3n) is 3.03. The van der Waals surface area contributed by atoms with Crippen LogP contribution in [-0.2, 0) is 9.59 Å². The molecule has 1 aliphatic heterocycles. The van der Waals surface area contributed by atoms with E-state index < -0.39 is 12.1 Å². The minimum Gasteiger partial charge on any atom is -0.479 e. The van der Waals surface area contributed by atoms with E-state index in [1.54, 1.807) is 44.4 Å². The van der Waals surface area contributed by atoms with Gasteiger partial charge in [-0.25, -0.2) is 4.79 Å². The molecule has 7 heteroatoms. The molecule has 1 atom stereocenters. The van der Waals surface area contributed by atoms with Gasteiger partial charge in [-0.2, -0.15) is 0 Å². The molecule has 0 saturated carbocycles. The predicted molar refractivity (Wildman–Crippen MR) is 85.9 cm³/mol. The van der Waals surface area contributed by atoms with Gasteiger partial charge >= 0.3 is 5.97 Å². The summed E-state index contributed by atoms with van der Waals surface area (Å²) in [6, 6.07) is 6.89. The average molecular weight is 320 g/mol. The van der Waals surface area contributed by atoms with Crippen molar-refractivity contribution in [3.63, 3.8) is 0 Å². The molecule has 0 radical (unpaired) electrons. The number of carboxylic acid groups (broad SMARTS) is 1. The first-order valence-corrected chi connectivity index (χ1v) is 7.38. The van der Waals surface area contributed by atoms with Gasteiger partial charge in [-0.15, -0.1) is 0 Å². The van der Waals surface area contributed by atoms with Gasteiger partial charge in [0.1, 0.15) is 5.75 Å². The van der Waals surface area contributed by atoms with Crippen LogP contribution in [0, 0.1) is 0 Å². The summed E-state index contributed by atoms with van der Waals surface area (Å²) < 4.78 is 5.25. The Labute approximate surface area is 132 Å². The van der Waals surface area contributed by atoms with Crippen molar-refractivity contribution >= 4 is 34.9 Å². The Morgan fingerprint density at radius 3 is 2.55 bits per heavy atom. The number of nitrogens with zero attached hydrogens (tertiary/aromatic N) is 2. The summed E-state index contributed by atoms with van der Waals surface area (Å²) in [7, 11) is 3.33. The van der Waals surface area contributed by atoms with Gasteiger partial charge in [-0.3, -0.25) is 14.7 Å². The molecule has 1 fully saturated rings. The van der Waals surface area contributed by atoms with E-state index in [1.807, 2.05) is 0 Å². The second-order valence-corrected chi connectivity index (χ2v) is 5.66. The average Bonchev–Trinajstić information content (AvgIpc) is 2.77. The number of benzene rings is 1. The zero-order chi connectivity index (χ0) is 16.3. The van der Waals surface area contributed by atoms with E-state index in [0.29, 0.717) is 15.8 Å². The smallest absolute Gasteiger partial charge is 0.344 e. The summed E-state index contributed by atoms with van der Waals surface area (Å²) >= 11 is 1.32. The summed E-state index contributed by atoms with van der Waals surface area (Å²) in [5, 5.41) is 9.46. The van der Waals surface area contributed by atoms with Gasteiger partial charge in [-0.05, 0) is 42.5 Å². The molecule has 0 unspecified atom stereocenters. The van der Waals surface area contributed by atoms with Crippen LogP contribution in [0.2, 0.25) is 0 Å². The molecule has 1 N–H and O–H groups in total. The lowest BCUT2D eigenvalue weighted by Gasteiger charge is -2.10. The fourth-order valence-corrected chi connectivity index (χ4v) is 2.73. The quantitative estimate of drug-likeness (QED) is 0.859. The number of likely N-dealkylation sites (N-methyl/N-ethyl adjacent to an activating group) is 1. The number of ether oxygens (including phenoxy) is 1. The number of rotatable bonds is 4. The van der Waals surface area contributed by atoms with Gasteiger partial charge in [-0.1, -0.05) is 12.1 Å². The number of aliphatic imine (C=N–C) groups is 1. The van der Waals surface area contributed by atoms with Crippen molar-refractivity contribution in [2.45, 2.75) is 13.0 Å². The Bertz CT molecular complexity index is 652. The number of carboxylic acids is 1. The highest BCUT2D eigenvalue weighted by atomic mass is 32.2. The molecule has 6 nitrogen and oxygen atoms in total. The molecule has 22 heavy (non-hydrogen) atoms. The zero-order valence-corrected chi connectivity index (χ0v) is 13.3. The van der Waals surface area contributed by atoms with Crippen LogP contribution in [0.4, 0.5) is 0 Å². The van der Waals surface area contributed by atoms with Gasteiger partial charge in [0.2, 0.25) is 0 Å². The Balaban J connectivity index is 2.13. The Morgan fingerprint density at radius 2 is 2.05 bits per heavy atom. The van der Waals surface area contributed by atoms with Crippen molar-refractivity contribution in [2.24, 2.45) is 4.99 Å². The number of thioether (sulfide) groups is 1. The first-order chi connectivity index (χ1) is 10.4. The van der Waals surface area contributed by atoms with Gasteiger partial charge in [0, 0.05) is 14.1 Å². The van der Waals surface area contributed by atoms with E-state index >= 15 is 0 Å². The molecule has 1 aliphatic rings. The van der Waals surface area contributed by atoms with Gasteiger partial charge in [0.15, 0.2) is 11.3 Å². The minimum atomic E-state index is -1.02. The number of hydrogen-bond acceptors (Lipinski definition) is 5. The molecule has 116 valence electrons. The van der Waals surface area contributed by atoms with Crippen LogP contribution >= 0.6 is 11.8 Å². The molecule has 0 spiro atoms. The topological polar surface area (TPSA) is 79.2 Å². The third-order valence-corrected chi connectivity index (χ3v) is 4.18. The fraction of sp³-hybridized carbons (Fsp3) is 0.267. The first-order valence-electron chi connectivity index (χ1n) is 6.56. The highest BCUT2D eigenvalue weighted by Gasteiger charge is 2.29. The van der Waals surface area contributed by atoms with Crippen LogP contribution in [0.3, 0.4) is 0 Å². The van der Waals surface area contributed by atoms with Crippen molar-refractivity contribution in [1.82, 2.24) is 4.90 Å². The van der Waals surface area contributed by atoms with E-state index in [0.717, 1.165) is 5.56 Å². The Hall–Kier alpha value is -2.28.